The molecule has 0 amide bonds. The van der Waals surface area contributed by atoms with Crippen molar-refractivity contribution in [1.29, 1.82) is 0 Å². The van der Waals surface area contributed by atoms with Gasteiger partial charge >= 0.3 is 17.1 Å². The van der Waals surface area contributed by atoms with Crippen molar-refractivity contribution in [2.24, 2.45) is 0 Å². The first-order valence-corrected chi connectivity index (χ1v) is 1.52. The Labute approximate surface area is 56.0 Å². The second-order valence-electron chi connectivity index (χ2n) is 0.921. The van der Waals surface area contributed by atoms with Crippen LogP contribution in [0, 0.1) is 0 Å². The monoisotopic (exact) mass is 165 g/mol. The number of carboxylic acid groups (broad SMARTS) is 2. The van der Waals surface area contributed by atoms with Crippen LogP contribution >= 0.6 is 0 Å². The van der Waals surface area contributed by atoms with Gasteiger partial charge in [0.1, 0.15) is 0 Å². The maximum atomic E-state index is 9.28. The number of rotatable bonds is 2. The summed E-state index contributed by atoms with van der Waals surface area (Å²) < 4.78 is 0. The molecule has 0 aromatic heterocycles. The van der Waals surface area contributed by atoms with Crippen LogP contribution in [0.15, 0.2) is 0 Å². The Hall–Kier alpha value is -0.541. The van der Waals surface area contributed by atoms with Crippen molar-refractivity contribution < 1.29 is 36.9 Å². The maximum Gasteiger partial charge on any atom is 2.00 e. The maximum absolute atomic E-state index is 9.28. The molecule has 0 fully saturated rings. The molecule has 8 heavy (non-hydrogen) atoms. The molecule has 0 rings (SSSR count). The van der Waals surface area contributed by atoms with Gasteiger partial charge < -0.3 is 19.8 Å². The molecular formula is C3H2CuO4. The van der Waals surface area contributed by atoms with E-state index in [1.54, 1.807) is 0 Å². The summed E-state index contributed by atoms with van der Waals surface area (Å²) in [5.74, 6) is -3.25. The molecule has 0 spiro atoms. The zero-order valence-corrected chi connectivity index (χ0v) is 4.58. The van der Waals surface area contributed by atoms with E-state index in [1.807, 2.05) is 0 Å². The Morgan fingerprint density at radius 1 is 1.12 bits per heavy atom. The standard InChI is InChI=1S/C3H4O4.Cu/c4-2(5)1-3(6)7;/h1H2,(H,4,5)(H,6,7);/q;+2/p-2. The van der Waals surface area contributed by atoms with Gasteiger partial charge in [0.05, 0.1) is 0 Å². The predicted molar refractivity (Wildman–Crippen MR) is 14.6 cm³/mol. The molecule has 0 atom stereocenters. The fourth-order valence-electron chi connectivity index (χ4n) is 0.118. The van der Waals surface area contributed by atoms with E-state index in [0.717, 1.165) is 0 Å². The molecule has 0 saturated carbocycles. The van der Waals surface area contributed by atoms with Gasteiger partial charge in [-0.05, 0) is 0 Å². The molecule has 1 radical (unpaired) electrons. The molecular weight excluding hydrogens is 164 g/mol. The van der Waals surface area contributed by atoms with Crippen molar-refractivity contribution in [3.8, 4) is 0 Å². The summed E-state index contributed by atoms with van der Waals surface area (Å²) >= 11 is 0. The summed E-state index contributed by atoms with van der Waals surface area (Å²) in [6, 6.07) is 0. The third-order valence-electron chi connectivity index (χ3n) is 0.289. The molecule has 0 aromatic carbocycles. The first-order chi connectivity index (χ1) is 3.13. The van der Waals surface area contributed by atoms with Crippen molar-refractivity contribution in [2.45, 2.75) is 6.42 Å². The van der Waals surface area contributed by atoms with Crippen LogP contribution in [-0.4, -0.2) is 11.9 Å². The minimum Gasteiger partial charge on any atom is -0.550 e. The van der Waals surface area contributed by atoms with E-state index in [4.69, 9.17) is 0 Å². The molecule has 0 saturated heterocycles. The third kappa shape index (κ3) is 9.07. The predicted octanol–water partition coefficient (Wildman–Crippen LogP) is -3.13. The number of aliphatic carboxylic acids is 2. The van der Waals surface area contributed by atoms with Gasteiger partial charge in [-0.25, -0.2) is 0 Å². The molecule has 0 heterocycles. The van der Waals surface area contributed by atoms with Gasteiger partial charge in [0.15, 0.2) is 0 Å². The summed E-state index contributed by atoms with van der Waals surface area (Å²) in [5, 5.41) is 18.6. The van der Waals surface area contributed by atoms with Crippen LogP contribution in [0.5, 0.6) is 0 Å². The van der Waals surface area contributed by atoms with Crippen LogP contribution in [-0.2, 0) is 26.7 Å². The van der Waals surface area contributed by atoms with Gasteiger partial charge in [-0.3, -0.25) is 0 Å². The molecule has 0 unspecified atom stereocenters. The average Bonchev–Trinajstić information content (AvgIpc) is 1.27. The first kappa shape index (κ1) is 10.4. The zero-order chi connectivity index (χ0) is 5.86. The van der Waals surface area contributed by atoms with Crippen molar-refractivity contribution >= 4 is 11.9 Å². The van der Waals surface area contributed by atoms with E-state index in [2.05, 4.69) is 0 Å². The van der Waals surface area contributed by atoms with Crippen LogP contribution in [0.3, 0.4) is 0 Å². The number of carbonyl (C=O) groups excluding carboxylic acids is 2. The topological polar surface area (TPSA) is 80.3 Å². The van der Waals surface area contributed by atoms with Gasteiger partial charge in [0.2, 0.25) is 0 Å². The van der Waals surface area contributed by atoms with Crippen LogP contribution < -0.4 is 10.2 Å². The molecule has 49 valence electrons. The van der Waals surface area contributed by atoms with Crippen LogP contribution in [0.2, 0.25) is 0 Å². The Morgan fingerprint density at radius 3 is 1.38 bits per heavy atom. The van der Waals surface area contributed by atoms with E-state index in [1.165, 1.54) is 0 Å². The van der Waals surface area contributed by atoms with Crippen molar-refractivity contribution in [3.63, 3.8) is 0 Å². The summed E-state index contributed by atoms with van der Waals surface area (Å²) in [6.45, 7) is 0. The van der Waals surface area contributed by atoms with Gasteiger partial charge in [-0.2, -0.15) is 0 Å². The van der Waals surface area contributed by atoms with Gasteiger partial charge in [0.25, 0.3) is 0 Å². The largest absolute Gasteiger partial charge is 2.00 e. The normalized spacial score (nSPS) is 7.00. The molecule has 0 bridgehead atoms. The minimum absolute atomic E-state index is 0. The number of hydrogen-bond donors (Lipinski definition) is 0. The number of hydrogen-bond acceptors (Lipinski definition) is 4. The second kappa shape index (κ2) is 4.61. The molecule has 0 aliphatic carbocycles. The number of carboxylic acids is 2. The molecule has 4 nitrogen and oxygen atoms in total. The van der Waals surface area contributed by atoms with E-state index in [0.29, 0.717) is 0 Å². The van der Waals surface area contributed by atoms with Crippen LogP contribution in [0.1, 0.15) is 6.42 Å². The molecule has 0 aliphatic rings. The average molecular weight is 166 g/mol. The zero-order valence-electron chi connectivity index (χ0n) is 3.64. The summed E-state index contributed by atoms with van der Waals surface area (Å²) in [4.78, 5) is 18.6. The molecule has 0 N–H and O–H groups in total. The van der Waals surface area contributed by atoms with E-state index in [-0.39, 0.29) is 17.1 Å². The molecule has 0 aliphatic heterocycles. The second-order valence-corrected chi connectivity index (χ2v) is 0.921. The summed E-state index contributed by atoms with van der Waals surface area (Å²) in [5.41, 5.74) is 0. The Morgan fingerprint density at radius 2 is 1.38 bits per heavy atom. The first-order valence-electron chi connectivity index (χ1n) is 1.52. The van der Waals surface area contributed by atoms with E-state index >= 15 is 0 Å². The smallest absolute Gasteiger partial charge is 0.550 e. The minimum atomic E-state index is -1.63. The van der Waals surface area contributed by atoms with Crippen molar-refractivity contribution in [3.05, 3.63) is 0 Å². The van der Waals surface area contributed by atoms with Crippen LogP contribution in [0.4, 0.5) is 0 Å². The fraction of sp³-hybridized carbons (Fsp3) is 0.333. The Kier molecular flexibility index (Phi) is 6.02. The SMILES string of the molecule is O=C([O-])CC(=O)[O-].[Cu+2]. The molecule has 5 heteroatoms. The van der Waals surface area contributed by atoms with Gasteiger partial charge in [-0.15, -0.1) is 0 Å². The van der Waals surface area contributed by atoms with Crippen molar-refractivity contribution in [1.82, 2.24) is 0 Å². The quantitative estimate of drug-likeness (QED) is 0.320. The third-order valence-corrected chi connectivity index (χ3v) is 0.289. The van der Waals surface area contributed by atoms with E-state index in [9.17, 15) is 19.8 Å². The van der Waals surface area contributed by atoms with Crippen LogP contribution in [0.25, 0.3) is 0 Å². The summed E-state index contributed by atoms with van der Waals surface area (Å²) in [7, 11) is 0. The Bertz CT molecular complexity index is 87.5. The molecule has 0 aromatic rings. The van der Waals surface area contributed by atoms with Gasteiger partial charge in [-0.1, -0.05) is 0 Å². The summed E-state index contributed by atoms with van der Waals surface area (Å²) in [6.07, 6.45) is -1.03. The fourth-order valence-corrected chi connectivity index (χ4v) is 0.118. The van der Waals surface area contributed by atoms with Gasteiger partial charge in [0, 0.05) is 18.4 Å². The number of carbonyl (C=O) groups is 2. The van der Waals surface area contributed by atoms with Crippen molar-refractivity contribution in [2.75, 3.05) is 0 Å². The Balaban J connectivity index is 0. The van der Waals surface area contributed by atoms with E-state index < -0.39 is 18.4 Å².